The molecule has 0 bridgehead atoms. The quantitative estimate of drug-likeness (QED) is 0.911. The summed E-state index contributed by atoms with van der Waals surface area (Å²) in [5, 5.41) is 15.3. The molecule has 0 aliphatic rings. The Labute approximate surface area is 117 Å². The normalized spacial score (nSPS) is 9.83. The average Bonchev–Trinajstić information content (AvgIpc) is 2.78. The number of hydrogen-bond acceptors (Lipinski definition) is 3. The van der Waals surface area contributed by atoms with E-state index in [1.165, 1.54) is 11.3 Å². The number of benzene rings is 1. The van der Waals surface area contributed by atoms with Crippen LogP contribution in [0.2, 0.25) is 0 Å². The fourth-order valence-corrected chi connectivity index (χ4v) is 2.77. The molecule has 0 atom stereocenters. The Morgan fingerprint density at radius 1 is 1.44 bits per heavy atom. The highest BCUT2D eigenvalue weighted by atomic mass is 79.9. The van der Waals surface area contributed by atoms with Crippen LogP contribution in [0.15, 0.2) is 33.4 Å². The third-order valence-corrected chi connectivity index (χ3v) is 3.96. The van der Waals surface area contributed by atoms with E-state index >= 15 is 0 Å². The highest BCUT2D eigenvalue weighted by Gasteiger charge is 2.11. The monoisotopic (exact) mass is 320 g/mol. The van der Waals surface area contributed by atoms with E-state index < -0.39 is 0 Å². The zero-order valence-electron chi connectivity index (χ0n) is 9.53. The van der Waals surface area contributed by atoms with Crippen LogP contribution < -0.4 is 5.32 Å². The van der Waals surface area contributed by atoms with Gasteiger partial charge in [0.15, 0.2) is 0 Å². The van der Waals surface area contributed by atoms with Crippen LogP contribution in [0.3, 0.4) is 0 Å². The Bertz CT molecular complexity index is 643. The number of aryl methyl sites for hydroxylation is 1. The maximum atomic E-state index is 12.0. The second-order valence-electron chi connectivity index (χ2n) is 3.73. The summed E-state index contributed by atoms with van der Waals surface area (Å²) >= 11 is 4.83. The van der Waals surface area contributed by atoms with E-state index in [0.29, 0.717) is 21.3 Å². The highest BCUT2D eigenvalue weighted by molar-refractivity contribution is 9.10. The molecular weight excluding hydrogens is 312 g/mol. The van der Waals surface area contributed by atoms with Crippen molar-refractivity contribution >= 4 is 38.9 Å². The van der Waals surface area contributed by atoms with Gasteiger partial charge in [-0.1, -0.05) is 0 Å². The van der Waals surface area contributed by atoms with E-state index in [4.69, 9.17) is 5.26 Å². The fraction of sp³-hybridized carbons (Fsp3) is 0.0769. The zero-order valence-corrected chi connectivity index (χ0v) is 11.9. The molecule has 18 heavy (non-hydrogen) atoms. The van der Waals surface area contributed by atoms with Gasteiger partial charge in [0.25, 0.3) is 5.91 Å². The molecule has 0 aliphatic heterocycles. The van der Waals surface area contributed by atoms with Crippen molar-refractivity contribution in [2.24, 2.45) is 0 Å². The number of nitrogens with zero attached hydrogens (tertiary/aromatic N) is 1. The molecule has 2 rings (SSSR count). The molecule has 0 saturated carbocycles. The van der Waals surface area contributed by atoms with Crippen LogP contribution >= 0.6 is 27.3 Å². The number of anilines is 1. The Morgan fingerprint density at radius 3 is 2.78 bits per heavy atom. The predicted molar refractivity (Wildman–Crippen MR) is 75.9 cm³/mol. The standard InChI is InChI=1S/C13H9BrN2OS/c1-8-6-18-7-10(8)13(17)16-12-3-2-9(5-15)4-11(12)14/h2-4,6-7H,1H3,(H,16,17). The minimum Gasteiger partial charge on any atom is -0.321 e. The number of rotatable bonds is 2. The van der Waals surface area contributed by atoms with Crippen molar-refractivity contribution in [3.05, 3.63) is 50.1 Å². The largest absolute Gasteiger partial charge is 0.321 e. The summed E-state index contributed by atoms with van der Waals surface area (Å²) in [6.07, 6.45) is 0. The maximum Gasteiger partial charge on any atom is 0.256 e. The molecule has 0 aliphatic carbocycles. The molecule has 2 aromatic rings. The first kappa shape index (κ1) is 12.8. The first-order valence-corrected chi connectivity index (χ1v) is 6.89. The molecule has 1 aromatic carbocycles. The van der Waals surface area contributed by atoms with Crippen LogP contribution in [-0.2, 0) is 0 Å². The number of nitrogens with one attached hydrogen (secondary N) is 1. The van der Waals surface area contributed by atoms with Gasteiger partial charge >= 0.3 is 0 Å². The van der Waals surface area contributed by atoms with E-state index in [2.05, 4.69) is 21.2 Å². The molecule has 1 heterocycles. The van der Waals surface area contributed by atoms with Gasteiger partial charge in [-0.3, -0.25) is 4.79 Å². The van der Waals surface area contributed by atoms with Crippen LogP contribution in [0.5, 0.6) is 0 Å². The fourth-order valence-electron chi connectivity index (χ4n) is 1.47. The van der Waals surface area contributed by atoms with Crippen molar-refractivity contribution < 1.29 is 4.79 Å². The Morgan fingerprint density at radius 2 is 2.22 bits per heavy atom. The lowest BCUT2D eigenvalue weighted by Gasteiger charge is -2.07. The lowest BCUT2D eigenvalue weighted by atomic mass is 10.2. The number of hydrogen-bond donors (Lipinski definition) is 1. The highest BCUT2D eigenvalue weighted by Crippen LogP contribution is 2.24. The molecule has 1 aromatic heterocycles. The SMILES string of the molecule is Cc1cscc1C(=O)Nc1ccc(C#N)cc1Br. The number of amides is 1. The number of halogens is 1. The maximum absolute atomic E-state index is 12.0. The third-order valence-electron chi connectivity index (χ3n) is 2.45. The third kappa shape index (κ3) is 2.61. The summed E-state index contributed by atoms with van der Waals surface area (Å²) in [7, 11) is 0. The number of nitriles is 1. The molecule has 0 spiro atoms. The molecule has 0 radical (unpaired) electrons. The van der Waals surface area contributed by atoms with Crippen LogP contribution in [0.1, 0.15) is 21.5 Å². The topological polar surface area (TPSA) is 52.9 Å². The number of carbonyl (C=O) groups is 1. The molecule has 1 amide bonds. The van der Waals surface area contributed by atoms with Gasteiger partial charge < -0.3 is 5.32 Å². The molecule has 0 unspecified atom stereocenters. The summed E-state index contributed by atoms with van der Waals surface area (Å²) in [6.45, 7) is 1.90. The van der Waals surface area contributed by atoms with Crippen molar-refractivity contribution in [2.75, 3.05) is 5.32 Å². The molecule has 0 saturated heterocycles. The summed E-state index contributed by atoms with van der Waals surface area (Å²) in [6, 6.07) is 7.10. The molecule has 90 valence electrons. The lowest BCUT2D eigenvalue weighted by Crippen LogP contribution is -2.12. The van der Waals surface area contributed by atoms with Crippen molar-refractivity contribution in [3.8, 4) is 6.07 Å². The summed E-state index contributed by atoms with van der Waals surface area (Å²) < 4.78 is 0.697. The van der Waals surface area contributed by atoms with Gasteiger partial charge in [-0.25, -0.2) is 0 Å². The molecule has 1 N–H and O–H groups in total. The zero-order chi connectivity index (χ0) is 13.1. The van der Waals surface area contributed by atoms with E-state index in [9.17, 15) is 4.79 Å². The van der Waals surface area contributed by atoms with Gasteiger partial charge in [-0.2, -0.15) is 16.6 Å². The van der Waals surface area contributed by atoms with E-state index in [-0.39, 0.29) is 5.91 Å². The summed E-state index contributed by atoms with van der Waals surface area (Å²) in [5.74, 6) is -0.140. The molecular formula is C13H9BrN2OS. The van der Waals surface area contributed by atoms with Gasteiger partial charge in [-0.15, -0.1) is 0 Å². The average molecular weight is 321 g/mol. The van der Waals surface area contributed by atoms with Gasteiger partial charge in [0.05, 0.1) is 22.9 Å². The van der Waals surface area contributed by atoms with E-state index in [1.54, 1.807) is 18.2 Å². The van der Waals surface area contributed by atoms with Gasteiger partial charge in [0.2, 0.25) is 0 Å². The second-order valence-corrected chi connectivity index (χ2v) is 5.33. The van der Waals surface area contributed by atoms with Crippen molar-refractivity contribution in [1.29, 1.82) is 5.26 Å². The van der Waals surface area contributed by atoms with E-state index in [1.807, 2.05) is 23.8 Å². The van der Waals surface area contributed by atoms with Gasteiger partial charge in [-0.05, 0) is 52.0 Å². The second kappa shape index (κ2) is 5.34. The minimum absolute atomic E-state index is 0.140. The Hall–Kier alpha value is -1.64. The van der Waals surface area contributed by atoms with Crippen LogP contribution in [0.25, 0.3) is 0 Å². The van der Waals surface area contributed by atoms with E-state index in [0.717, 1.165) is 5.56 Å². The minimum atomic E-state index is -0.140. The summed E-state index contributed by atoms with van der Waals surface area (Å²) in [5.41, 5.74) is 2.84. The molecule has 0 fully saturated rings. The lowest BCUT2D eigenvalue weighted by molar-refractivity contribution is 0.102. The predicted octanol–water partition coefficient (Wildman–Crippen LogP) is 3.94. The summed E-state index contributed by atoms with van der Waals surface area (Å²) in [4.78, 5) is 12.0. The first-order chi connectivity index (χ1) is 8.61. The van der Waals surface area contributed by atoms with Crippen LogP contribution in [0.4, 0.5) is 5.69 Å². The number of carbonyl (C=O) groups excluding carboxylic acids is 1. The van der Waals surface area contributed by atoms with Crippen LogP contribution in [-0.4, -0.2) is 5.91 Å². The van der Waals surface area contributed by atoms with Gasteiger partial charge in [0, 0.05) is 9.85 Å². The van der Waals surface area contributed by atoms with Crippen molar-refractivity contribution in [3.63, 3.8) is 0 Å². The molecule has 3 nitrogen and oxygen atoms in total. The first-order valence-electron chi connectivity index (χ1n) is 5.15. The van der Waals surface area contributed by atoms with Gasteiger partial charge in [0.1, 0.15) is 0 Å². The Kier molecular flexibility index (Phi) is 3.80. The van der Waals surface area contributed by atoms with Crippen molar-refractivity contribution in [2.45, 2.75) is 6.92 Å². The molecule has 5 heteroatoms. The smallest absolute Gasteiger partial charge is 0.256 e. The Balaban J connectivity index is 2.23. The van der Waals surface area contributed by atoms with Crippen LogP contribution in [0, 0.1) is 18.3 Å². The number of thiophene rings is 1. The van der Waals surface area contributed by atoms with Crippen molar-refractivity contribution in [1.82, 2.24) is 0 Å².